The molecular formula is C10H21N3O2S2. The molecule has 7 heteroatoms. The minimum absolute atomic E-state index is 0.0295. The number of hydrogen-bond acceptors (Lipinski definition) is 4. The zero-order chi connectivity index (χ0) is 13.1. The van der Waals surface area contributed by atoms with Gasteiger partial charge in [-0.3, -0.25) is 0 Å². The summed E-state index contributed by atoms with van der Waals surface area (Å²) in [6.45, 7) is 4.27. The number of sulfonamides is 1. The summed E-state index contributed by atoms with van der Waals surface area (Å²) in [5.74, 6) is -0.220. The molecule has 0 aliphatic carbocycles. The van der Waals surface area contributed by atoms with E-state index in [-0.39, 0.29) is 16.8 Å². The van der Waals surface area contributed by atoms with Crippen molar-refractivity contribution in [2.75, 3.05) is 32.4 Å². The van der Waals surface area contributed by atoms with Crippen molar-refractivity contribution in [3.63, 3.8) is 0 Å². The van der Waals surface area contributed by atoms with Crippen LogP contribution in [0.4, 0.5) is 0 Å². The highest BCUT2D eigenvalue weighted by Gasteiger charge is 2.31. The summed E-state index contributed by atoms with van der Waals surface area (Å²) in [4.78, 5) is 2.21. The van der Waals surface area contributed by atoms with Gasteiger partial charge in [0.15, 0.2) is 0 Å². The number of rotatable bonds is 4. The monoisotopic (exact) mass is 279 g/mol. The molecule has 1 aliphatic rings. The van der Waals surface area contributed by atoms with Crippen molar-refractivity contribution < 1.29 is 8.42 Å². The lowest BCUT2D eigenvalue weighted by molar-refractivity contribution is 0.271. The van der Waals surface area contributed by atoms with Crippen molar-refractivity contribution in [3.05, 3.63) is 0 Å². The molecule has 1 unspecified atom stereocenters. The lowest BCUT2D eigenvalue weighted by atomic mass is 10.2. The molecule has 100 valence electrons. The van der Waals surface area contributed by atoms with E-state index in [2.05, 4.69) is 4.90 Å². The Morgan fingerprint density at radius 3 is 2.65 bits per heavy atom. The van der Waals surface area contributed by atoms with Crippen LogP contribution in [0.2, 0.25) is 0 Å². The van der Waals surface area contributed by atoms with E-state index in [1.54, 1.807) is 4.31 Å². The number of nitrogens with zero attached hydrogens (tertiary/aromatic N) is 2. The second-order valence-electron chi connectivity index (χ2n) is 4.51. The molecule has 5 nitrogen and oxygen atoms in total. The van der Waals surface area contributed by atoms with Crippen LogP contribution in [-0.4, -0.2) is 61.1 Å². The van der Waals surface area contributed by atoms with Gasteiger partial charge in [0.25, 0.3) is 0 Å². The maximum atomic E-state index is 12.2. The normalized spacial score (nSPS) is 24.5. The van der Waals surface area contributed by atoms with Crippen LogP contribution in [0.1, 0.15) is 19.8 Å². The van der Waals surface area contributed by atoms with Crippen molar-refractivity contribution in [3.8, 4) is 0 Å². The highest BCUT2D eigenvalue weighted by molar-refractivity contribution is 7.92. The quantitative estimate of drug-likeness (QED) is 0.735. The van der Waals surface area contributed by atoms with Gasteiger partial charge in [-0.05, 0) is 26.4 Å². The number of nitrogens with two attached hydrogens (primary N) is 1. The first-order valence-electron chi connectivity index (χ1n) is 5.83. The van der Waals surface area contributed by atoms with Crippen molar-refractivity contribution in [1.82, 2.24) is 9.21 Å². The van der Waals surface area contributed by atoms with Gasteiger partial charge in [0.2, 0.25) is 10.0 Å². The summed E-state index contributed by atoms with van der Waals surface area (Å²) in [5.41, 5.74) is 5.35. The second-order valence-corrected chi connectivity index (χ2v) is 6.96. The van der Waals surface area contributed by atoms with Gasteiger partial charge in [0.1, 0.15) is 5.75 Å². The molecule has 1 heterocycles. The Morgan fingerprint density at radius 2 is 2.12 bits per heavy atom. The van der Waals surface area contributed by atoms with Gasteiger partial charge in [-0.15, -0.1) is 0 Å². The first-order valence-corrected chi connectivity index (χ1v) is 7.85. The summed E-state index contributed by atoms with van der Waals surface area (Å²) in [6, 6.07) is 0.0295. The largest absolute Gasteiger partial charge is 0.392 e. The van der Waals surface area contributed by atoms with Crippen LogP contribution in [0.5, 0.6) is 0 Å². The Kier molecular flexibility index (Phi) is 5.30. The minimum Gasteiger partial charge on any atom is -0.392 e. The molecule has 0 aromatic carbocycles. The van der Waals surface area contributed by atoms with Crippen LogP contribution in [0, 0.1) is 0 Å². The van der Waals surface area contributed by atoms with E-state index in [0.717, 1.165) is 25.9 Å². The predicted octanol–water partition coefficient (Wildman–Crippen LogP) is 0.0184. The van der Waals surface area contributed by atoms with Crippen molar-refractivity contribution in [2.45, 2.75) is 25.8 Å². The fraction of sp³-hybridized carbons (Fsp3) is 0.900. The predicted molar refractivity (Wildman–Crippen MR) is 73.5 cm³/mol. The van der Waals surface area contributed by atoms with Crippen molar-refractivity contribution in [2.24, 2.45) is 5.73 Å². The average molecular weight is 279 g/mol. The molecule has 2 N–H and O–H groups in total. The molecule has 1 atom stereocenters. The Labute approximate surface area is 109 Å². The summed E-state index contributed by atoms with van der Waals surface area (Å²) in [5, 5.41) is 0. The van der Waals surface area contributed by atoms with Crippen LogP contribution in [0.3, 0.4) is 0 Å². The lowest BCUT2D eigenvalue weighted by Crippen LogP contribution is -2.46. The van der Waals surface area contributed by atoms with E-state index in [4.69, 9.17) is 18.0 Å². The van der Waals surface area contributed by atoms with Crippen molar-refractivity contribution in [1.29, 1.82) is 0 Å². The maximum Gasteiger partial charge on any atom is 0.220 e. The molecular weight excluding hydrogens is 258 g/mol. The third kappa shape index (κ3) is 4.17. The Balaban J connectivity index is 2.88. The molecule has 0 amide bonds. The summed E-state index contributed by atoms with van der Waals surface area (Å²) >= 11 is 4.71. The molecule has 0 aromatic heterocycles. The molecule has 1 saturated heterocycles. The molecule has 0 bridgehead atoms. The minimum atomic E-state index is -3.35. The number of likely N-dealkylation sites (N-methyl/N-ethyl adjacent to an activating group) is 1. The fourth-order valence-electron chi connectivity index (χ4n) is 2.18. The molecule has 1 aliphatic heterocycles. The molecule has 0 aromatic rings. The van der Waals surface area contributed by atoms with Crippen LogP contribution in [0.25, 0.3) is 0 Å². The summed E-state index contributed by atoms with van der Waals surface area (Å²) in [7, 11) is -1.33. The van der Waals surface area contributed by atoms with E-state index in [1.165, 1.54) is 0 Å². The van der Waals surface area contributed by atoms with Crippen LogP contribution >= 0.6 is 12.2 Å². The van der Waals surface area contributed by atoms with Gasteiger partial charge in [0, 0.05) is 19.1 Å². The highest BCUT2D eigenvalue weighted by Crippen LogP contribution is 2.16. The van der Waals surface area contributed by atoms with Gasteiger partial charge in [-0.2, -0.15) is 4.31 Å². The summed E-state index contributed by atoms with van der Waals surface area (Å²) < 4.78 is 25.9. The molecule has 17 heavy (non-hydrogen) atoms. The van der Waals surface area contributed by atoms with Gasteiger partial charge in [0.05, 0.1) is 4.99 Å². The van der Waals surface area contributed by atoms with Gasteiger partial charge >= 0.3 is 0 Å². The topological polar surface area (TPSA) is 66.6 Å². The highest BCUT2D eigenvalue weighted by atomic mass is 32.2. The SMILES string of the molecule is CCC1CN(C)CCCN1S(=O)(=O)CC(N)=S. The lowest BCUT2D eigenvalue weighted by Gasteiger charge is -2.29. The Morgan fingerprint density at radius 1 is 1.47 bits per heavy atom. The molecule has 0 spiro atoms. The van der Waals surface area contributed by atoms with Crippen molar-refractivity contribution >= 4 is 27.2 Å². The summed E-state index contributed by atoms with van der Waals surface area (Å²) in [6.07, 6.45) is 1.66. The molecule has 0 saturated carbocycles. The standard InChI is InChI=1S/C10H21N3O2S2/c1-3-9-7-12(2)5-4-6-13(9)17(14,15)8-10(11)16/h9H,3-8H2,1-2H3,(H2,11,16). The van der Waals surface area contributed by atoms with Crippen LogP contribution in [0.15, 0.2) is 0 Å². The van der Waals surface area contributed by atoms with Gasteiger partial charge in [-0.1, -0.05) is 19.1 Å². The third-order valence-electron chi connectivity index (χ3n) is 3.00. The first kappa shape index (κ1) is 14.8. The van der Waals surface area contributed by atoms with E-state index >= 15 is 0 Å². The van der Waals surface area contributed by atoms with E-state index in [0.29, 0.717) is 6.54 Å². The smallest absolute Gasteiger partial charge is 0.220 e. The van der Waals surface area contributed by atoms with Gasteiger partial charge in [-0.25, -0.2) is 8.42 Å². The second kappa shape index (κ2) is 6.08. The number of hydrogen-bond donors (Lipinski definition) is 1. The van der Waals surface area contributed by atoms with Gasteiger partial charge < -0.3 is 10.6 Å². The fourth-order valence-corrected chi connectivity index (χ4v) is 4.23. The van der Waals surface area contributed by atoms with Crippen LogP contribution in [-0.2, 0) is 10.0 Å². The van der Waals surface area contributed by atoms with E-state index in [1.807, 2.05) is 14.0 Å². The first-order chi connectivity index (χ1) is 7.86. The molecule has 1 fully saturated rings. The van der Waals surface area contributed by atoms with E-state index in [9.17, 15) is 8.42 Å². The zero-order valence-corrected chi connectivity index (χ0v) is 12.1. The van der Waals surface area contributed by atoms with Crippen LogP contribution < -0.4 is 5.73 Å². The zero-order valence-electron chi connectivity index (χ0n) is 10.4. The Hall–Kier alpha value is -0.240. The number of thiocarbonyl (C=S) groups is 1. The van der Waals surface area contributed by atoms with E-state index < -0.39 is 10.0 Å². The molecule has 0 radical (unpaired) electrons. The maximum absolute atomic E-state index is 12.2. The average Bonchev–Trinajstić information content (AvgIpc) is 2.37. The third-order valence-corrected chi connectivity index (χ3v) is 5.20. The Bertz CT molecular complexity index is 370. The molecule has 1 rings (SSSR count).